The lowest BCUT2D eigenvalue weighted by Gasteiger charge is -2.12. The quantitative estimate of drug-likeness (QED) is 0.653. The van der Waals surface area contributed by atoms with Gasteiger partial charge < -0.3 is 21.5 Å². The Morgan fingerprint density at radius 3 is 2.61 bits per heavy atom. The summed E-state index contributed by atoms with van der Waals surface area (Å²) in [5.74, 6) is -0.513. The second-order valence-electron chi connectivity index (χ2n) is 3.82. The number of ether oxygens (including phenoxy) is 1. The highest BCUT2D eigenvalue weighted by Crippen LogP contribution is 2.19. The molecule has 0 heterocycles. The molecule has 0 saturated heterocycles. The van der Waals surface area contributed by atoms with Crippen LogP contribution in [-0.4, -0.2) is 24.5 Å². The Balaban J connectivity index is 2.88. The van der Waals surface area contributed by atoms with Crippen molar-refractivity contribution < 1.29 is 14.3 Å². The summed E-state index contributed by atoms with van der Waals surface area (Å²) in [5, 5.41) is 2.47. The molecule has 0 aliphatic rings. The summed E-state index contributed by atoms with van der Waals surface area (Å²) in [6.45, 7) is 3.82. The zero-order valence-electron chi connectivity index (χ0n) is 10.4. The van der Waals surface area contributed by atoms with E-state index < -0.39 is 17.9 Å². The van der Waals surface area contributed by atoms with Crippen LogP contribution in [0.3, 0.4) is 0 Å². The maximum atomic E-state index is 11.8. The Labute approximate surface area is 105 Å². The summed E-state index contributed by atoms with van der Waals surface area (Å²) in [5.41, 5.74) is 11.5. The van der Waals surface area contributed by atoms with E-state index in [4.69, 9.17) is 16.2 Å². The number of anilines is 1. The molecule has 5 N–H and O–H groups in total. The van der Waals surface area contributed by atoms with Crippen molar-refractivity contribution in [2.45, 2.75) is 19.9 Å². The summed E-state index contributed by atoms with van der Waals surface area (Å²) in [6.07, 6.45) is 0. The molecule has 1 unspecified atom stereocenters. The van der Waals surface area contributed by atoms with Gasteiger partial charge in [0.15, 0.2) is 0 Å². The third-order valence-corrected chi connectivity index (χ3v) is 2.28. The van der Waals surface area contributed by atoms with Gasteiger partial charge in [0.2, 0.25) is 5.91 Å². The van der Waals surface area contributed by atoms with Crippen LogP contribution in [0.15, 0.2) is 18.2 Å². The van der Waals surface area contributed by atoms with Crippen LogP contribution in [0, 0.1) is 0 Å². The van der Waals surface area contributed by atoms with Gasteiger partial charge in [0.1, 0.15) is 11.8 Å². The van der Waals surface area contributed by atoms with Crippen LogP contribution in [0.2, 0.25) is 0 Å². The molecule has 6 heteroatoms. The van der Waals surface area contributed by atoms with E-state index in [1.165, 1.54) is 13.0 Å². The first-order chi connectivity index (χ1) is 8.43. The normalized spacial score (nSPS) is 11.7. The van der Waals surface area contributed by atoms with E-state index in [-0.39, 0.29) is 0 Å². The Bertz CT molecular complexity index is 460. The van der Waals surface area contributed by atoms with E-state index in [1.54, 1.807) is 12.1 Å². The Kier molecular flexibility index (Phi) is 4.53. The number of nitrogens with one attached hydrogen (secondary N) is 1. The second-order valence-corrected chi connectivity index (χ2v) is 3.82. The predicted molar refractivity (Wildman–Crippen MR) is 68.1 cm³/mol. The van der Waals surface area contributed by atoms with Gasteiger partial charge in [-0.05, 0) is 26.0 Å². The average Bonchev–Trinajstić information content (AvgIpc) is 2.28. The van der Waals surface area contributed by atoms with Gasteiger partial charge in [0.05, 0.1) is 6.61 Å². The van der Waals surface area contributed by atoms with Crippen molar-refractivity contribution in [1.29, 1.82) is 0 Å². The van der Waals surface area contributed by atoms with Crippen molar-refractivity contribution in [3.8, 4) is 5.75 Å². The number of nitrogens with two attached hydrogens (primary N) is 2. The largest absolute Gasteiger partial charge is 0.494 e. The highest BCUT2D eigenvalue weighted by Gasteiger charge is 2.14. The van der Waals surface area contributed by atoms with Crippen LogP contribution in [-0.2, 0) is 4.79 Å². The molecule has 1 rings (SSSR count). The van der Waals surface area contributed by atoms with Crippen molar-refractivity contribution in [2.24, 2.45) is 5.73 Å². The molecule has 1 aromatic carbocycles. The van der Waals surface area contributed by atoms with Crippen LogP contribution < -0.4 is 21.5 Å². The van der Waals surface area contributed by atoms with Crippen LogP contribution in [0.1, 0.15) is 24.2 Å². The molecule has 0 spiro atoms. The lowest BCUT2D eigenvalue weighted by molar-refractivity contribution is -0.119. The maximum Gasteiger partial charge on any atom is 0.252 e. The Hall–Kier alpha value is -2.24. The van der Waals surface area contributed by atoms with Gasteiger partial charge in [-0.25, -0.2) is 0 Å². The standard InChI is InChI=1S/C12H17N3O3/c1-3-18-10-5-8(4-9(13)6-10)12(17)15-7(2)11(14)16/h4-7H,3,13H2,1-2H3,(H2,14,16)(H,15,17). The molecular weight excluding hydrogens is 234 g/mol. The number of amides is 2. The number of rotatable bonds is 5. The van der Waals surface area contributed by atoms with Crippen LogP contribution in [0.5, 0.6) is 5.75 Å². The molecule has 1 aromatic rings. The first-order valence-electron chi connectivity index (χ1n) is 5.57. The van der Waals surface area contributed by atoms with Gasteiger partial charge in [0, 0.05) is 17.3 Å². The molecule has 0 fully saturated rings. The minimum absolute atomic E-state index is 0.326. The fraction of sp³-hybridized carbons (Fsp3) is 0.333. The van der Waals surface area contributed by atoms with E-state index in [0.29, 0.717) is 23.6 Å². The predicted octanol–water partition coefficient (Wildman–Crippen LogP) is 0.271. The highest BCUT2D eigenvalue weighted by atomic mass is 16.5. The molecule has 18 heavy (non-hydrogen) atoms. The smallest absolute Gasteiger partial charge is 0.252 e. The van der Waals surface area contributed by atoms with E-state index in [0.717, 1.165) is 0 Å². The van der Waals surface area contributed by atoms with Crippen LogP contribution >= 0.6 is 0 Å². The van der Waals surface area contributed by atoms with Crippen molar-refractivity contribution in [3.63, 3.8) is 0 Å². The highest BCUT2D eigenvalue weighted by molar-refractivity contribution is 5.98. The number of carbonyl (C=O) groups excluding carboxylic acids is 2. The minimum atomic E-state index is -0.741. The Morgan fingerprint density at radius 1 is 1.39 bits per heavy atom. The SMILES string of the molecule is CCOc1cc(N)cc(C(=O)NC(C)C(N)=O)c1. The fourth-order valence-corrected chi connectivity index (χ4v) is 1.35. The van der Waals surface area contributed by atoms with Gasteiger partial charge in [-0.1, -0.05) is 0 Å². The molecule has 98 valence electrons. The van der Waals surface area contributed by atoms with E-state index in [1.807, 2.05) is 6.92 Å². The molecule has 0 radical (unpaired) electrons. The number of primary amides is 1. The minimum Gasteiger partial charge on any atom is -0.494 e. The number of hydrogen-bond acceptors (Lipinski definition) is 4. The lowest BCUT2D eigenvalue weighted by atomic mass is 10.1. The van der Waals surface area contributed by atoms with E-state index >= 15 is 0 Å². The molecule has 0 aliphatic heterocycles. The van der Waals surface area contributed by atoms with Crippen LogP contribution in [0.4, 0.5) is 5.69 Å². The maximum absolute atomic E-state index is 11.8. The first kappa shape index (κ1) is 13.8. The zero-order valence-corrected chi connectivity index (χ0v) is 10.4. The second kappa shape index (κ2) is 5.90. The summed E-state index contributed by atoms with van der Waals surface area (Å²) in [7, 11) is 0. The number of hydrogen-bond donors (Lipinski definition) is 3. The van der Waals surface area contributed by atoms with Gasteiger partial charge in [0.25, 0.3) is 5.91 Å². The fourth-order valence-electron chi connectivity index (χ4n) is 1.35. The number of nitrogen functional groups attached to an aromatic ring is 1. The molecule has 0 aliphatic carbocycles. The van der Waals surface area contributed by atoms with E-state index in [2.05, 4.69) is 5.32 Å². The van der Waals surface area contributed by atoms with Gasteiger partial charge >= 0.3 is 0 Å². The molecule has 1 atom stereocenters. The zero-order chi connectivity index (χ0) is 13.7. The number of carbonyl (C=O) groups is 2. The van der Waals surface area contributed by atoms with Crippen LogP contribution in [0.25, 0.3) is 0 Å². The molecule has 0 aromatic heterocycles. The summed E-state index contributed by atoms with van der Waals surface area (Å²) >= 11 is 0. The first-order valence-corrected chi connectivity index (χ1v) is 5.57. The van der Waals surface area contributed by atoms with Crippen molar-refractivity contribution in [3.05, 3.63) is 23.8 Å². The number of benzene rings is 1. The van der Waals surface area contributed by atoms with Crippen molar-refractivity contribution in [2.75, 3.05) is 12.3 Å². The van der Waals surface area contributed by atoms with E-state index in [9.17, 15) is 9.59 Å². The van der Waals surface area contributed by atoms with Gasteiger partial charge in [-0.15, -0.1) is 0 Å². The molecular formula is C12H17N3O3. The molecule has 0 saturated carbocycles. The van der Waals surface area contributed by atoms with Crippen molar-refractivity contribution in [1.82, 2.24) is 5.32 Å². The van der Waals surface area contributed by atoms with Crippen molar-refractivity contribution >= 4 is 17.5 Å². The van der Waals surface area contributed by atoms with Gasteiger partial charge in [-0.3, -0.25) is 9.59 Å². The summed E-state index contributed by atoms with van der Waals surface area (Å²) in [4.78, 5) is 22.7. The molecule has 2 amide bonds. The average molecular weight is 251 g/mol. The Morgan fingerprint density at radius 2 is 2.06 bits per heavy atom. The third kappa shape index (κ3) is 3.65. The topological polar surface area (TPSA) is 107 Å². The summed E-state index contributed by atoms with van der Waals surface area (Å²) < 4.78 is 5.28. The lowest BCUT2D eigenvalue weighted by Crippen LogP contribution is -2.42. The monoisotopic (exact) mass is 251 g/mol. The van der Waals surface area contributed by atoms with Gasteiger partial charge in [-0.2, -0.15) is 0 Å². The summed E-state index contributed by atoms with van der Waals surface area (Å²) in [6, 6.07) is 3.95. The molecule has 6 nitrogen and oxygen atoms in total. The molecule has 0 bridgehead atoms. The third-order valence-electron chi connectivity index (χ3n) is 2.28.